The monoisotopic (exact) mass is 259 g/mol. The van der Waals surface area contributed by atoms with Crippen molar-refractivity contribution in [2.75, 3.05) is 0 Å². The van der Waals surface area contributed by atoms with Crippen LogP contribution in [-0.4, -0.2) is 6.18 Å². The first kappa shape index (κ1) is 12.6. The average molecular weight is 260 g/mol. The van der Waals surface area contributed by atoms with E-state index in [1.807, 2.05) is 0 Å². The largest absolute Gasteiger partial charge is 0.426 e. The molecule has 0 heterocycles. The predicted molar refractivity (Wildman–Crippen MR) is 49.8 cm³/mol. The maximum atomic E-state index is 13.4. The molecule has 1 radical (unpaired) electrons. The fourth-order valence-electron chi connectivity index (χ4n) is 0.936. The zero-order valence-electron chi connectivity index (χ0n) is 7.42. The lowest BCUT2D eigenvalue weighted by Gasteiger charge is -2.24. The molecule has 0 N–H and O–H groups in total. The number of hydrogen-bond donors (Lipinski definition) is 0. The van der Waals surface area contributed by atoms with Crippen LogP contribution in [0, 0.1) is 6.07 Å². The molecule has 0 bridgehead atoms. The lowest BCUT2D eigenvalue weighted by Crippen LogP contribution is -2.34. The van der Waals surface area contributed by atoms with E-state index in [4.69, 9.17) is 23.2 Å². The highest BCUT2D eigenvalue weighted by Gasteiger charge is 2.53. The molecule has 0 aliphatic rings. The second-order valence-corrected chi connectivity index (χ2v) is 3.88. The van der Waals surface area contributed by atoms with Crippen LogP contribution in [0.15, 0.2) is 12.1 Å². The molecule has 0 aromatic heterocycles. The molecule has 0 nitrogen and oxygen atoms in total. The summed E-state index contributed by atoms with van der Waals surface area (Å²) in [4.78, 5) is 0. The molecule has 1 atom stereocenters. The molecular formula is C9H5Cl2F4. The van der Waals surface area contributed by atoms with E-state index in [9.17, 15) is 17.6 Å². The van der Waals surface area contributed by atoms with Crippen LogP contribution >= 0.6 is 23.2 Å². The minimum absolute atomic E-state index is 0.161. The van der Waals surface area contributed by atoms with E-state index in [1.54, 1.807) is 0 Å². The van der Waals surface area contributed by atoms with Gasteiger partial charge in [-0.1, -0.05) is 23.2 Å². The highest BCUT2D eigenvalue weighted by Crippen LogP contribution is 2.43. The highest BCUT2D eigenvalue weighted by molar-refractivity contribution is 6.34. The summed E-state index contributed by atoms with van der Waals surface area (Å²) in [5.74, 6) is 0. The van der Waals surface area contributed by atoms with Gasteiger partial charge >= 0.3 is 6.18 Å². The van der Waals surface area contributed by atoms with Gasteiger partial charge < -0.3 is 0 Å². The average Bonchev–Trinajstić information content (AvgIpc) is 1.99. The highest BCUT2D eigenvalue weighted by atomic mass is 35.5. The van der Waals surface area contributed by atoms with Crippen LogP contribution in [0.25, 0.3) is 0 Å². The van der Waals surface area contributed by atoms with Crippen molar-refractivity contribution in [2.45, 2.75) is 18.8 Å². The molecule has 0 fully saturated rings. The van der Waals surface area contributed by atoms with Crippen molar-refractivity contribution in [2.24, 2.45) is 0 Å². The molecule has 1 aromatic rings. The number of alkyl halides is 4. The fourth-order valence-corrected chi connectivity index (χ4v) is 1.42. The van der Waals surface area contributed by atoms with Crippen LogP contribution < -0.4 is 0 Å². The van der Waals surface area contributed by atoms with Crippen LogP contribution in [0.3, 0.4) is 0 Å². The normalized spacial score (nSPS) is 16.2. The summed E-state index contributed by atoms with van der Waals surface area (Å²) in [6, 6.07) is 4.03. The van der Waals surface area contributed by atoms with Gasteiger partial charge in [0.25, 0.3) is 0 Å². The van der Waals surface area contributed by atoms with Crippen molar-refractivity contribution < 1.29 is 17.6 Å². The van der Waals surface area contributed by atoms with Crippen molar-refractivity contribution in [1.29, 1.82) is 0 Å². The van der Waals surface area contributed by atoms with Crippen LogP contribution in [0.2, 0.25) is 10.0 Å². The number of rotatable bonds is 1. The lowest BCUT2D eigenvalue weighted by molar-refractivity contribution is -0.228. The Morgan fingerprint density at radius 1 is 1.07 bits per heavy atom. The Kier molecular flexibility index (Phi) is 3.22. The van der Waals surface area contributed by atoms with Gasteiger partial charge in [0.1, 0.15) is 0 Å². The second-order valence-electron chi connectivity index (χ2n) is 3.07. The molecule has 0 spiro atoms. The topological polar surface area (TPSA) is 0 Å². The van der Waals surface area contributed by atoms with Crippen LogP contribution in [-0.2, 0) is 5.67 Å². The molecule has 0 saturated heterocycles. The first-order valence-electron chi connectivity index (χ1n) is 3.79. The minimum Gasteiger partial charge on any atom is -0.229 e. The van der Waals surface area contributed by atoms with Gasteiger partial charge in [0.15, 0.2) is 0 Å². The molecular weight excluding hydrogens is 255 g/mol. The lowest BCUT2D eigenvalue weighted by atomic mass is 9.97. The molecule has 1 aromatic carbocycles. The van der Waals surface area contributed by atoms with Gasteiger partial charge in [-0.05, 0) is 19.1 Å². The zero-order valence-corrected chi connectivity index (χ0v) is 8.93. The quantitative estimate of drug-likeness (QED) is 0.650. The van der Waals surface area contributed by atoms with Gasteiger partial charge in [-0.3, -0.25) is 0 Å². The Morgan fingerprint density at radius 3 is 1.80 bits per heavy atom. The molecule has 6 heteroatoms. The second kappa shape index (κ2) is 3.83. The summed E-state index contributed by atoms with van der Waals surface area (Å²) in [6.07, 6.45) is -5.01. The first-order valence-corrected chi connectivity index (χ1v) is 4.54. The smallest absolute Gasteiger partial charge is 0.229 e. The summed E-state index contributed by atoms with van der Waals surface area (Å²) in [6.45, 7) is 0.412. The molecule has 0 amide bonds. The third kappa shape index (κ3) is 2.55. The fraction of sp³-hybridized carbons (Fsp3) is 0.333. The molecule has 0 aliphatic carbocycles. The Bertz CT molecular complexity index is 351. The first-order chi connectivity index (χ1) is 6.64. The number of hydrogen-bond acceptors (Lipinski definition) is 0. The molecule has 15 heavy (non-hydrogen) atoms. The molecule has 1 unspecified atom stereocenters. The summed E-state index contributed by atoms with van der Waals surface area (Å²) < 4.78 is 50.4. The van der Waals surface area contributed by atoms with Crippen molar-refractivity contribution >= 4 is 23.2 Å². The van der Waals surface area contributed by atoms with Crippen LogP contribution in [0.5, 0.6) is 0 Å². The van der Waals surface area contributed by atoms with Crippen molar-refractivity contribution in [3.05, 3.63) is 33.8 Å². The van der Waals surface area contributed by atoms with E-state index in [0.29, 0.717) is 6.92 Å². The summed E-state index contributed by atoms with van der Waals surface area (Å²) >= 11 is 10.9. The van der Waals surface area contributed by atoms with Crippen LogP contribution in [0.4, 0.5) is 17.6 Å². The standard InChI is InChI=1S/C9H5Cl2F4/c1-8(12,9(13,14)15)5-2-6(10)4-7(11)3-5/h2-3H,1H3. The Balaban J connectivity index is 3.27. The third-order valence-electron chi connectivity index (χ3n) is 1.88. The van der Waals surface area contributed by atoms with Gasteiger partial charge in [-0.25, -0.2) is 4.39 Å². The van der Waals surface area contributed by atoms with Gasteiger partial charge in [0.05, 0.1) is 10.0 Å². The maximum absolute atomic E-state index is 13.4. The Labute approximate surface area is 93.8 Å². The zero-order chi connectivity index (χ0) is 11.9. The Morgan fingerprint density at radius 2 is 1.47 bits per heavy atom. The van der Waals surface area contributed by atoms with E-state index < -0.39 is 17.4 Å². The summed E-state index contributed by atoms with van der Waals surface area (Å²) in [5, 5.41) is -0.323. The number of benzene rings is 1. The Hall–Kier alpha value is -0.480. The van der Waals surface area contributed by atoms with E-state index in [0.717, 1.165) is 12.1 Å². The van der Waals surface area contributed by atoms with Gasteiger partial charge in [0.2, 0.25) is 5.67 Å². The van der Waals surface area contributed by atoms with Gasteiger partial charge in [-0.15, -0.1) is 0 Å². The molecule has 0 saturated carbocycles. The van der Waals surface area contributed by atoms with E-state index in [-0.39, 0.29) is 10.0 Å². The van der Waals surface area contributed by atoms with Crippen molar-refractivity contribution in [1.82, 2.24) is 0 Å². The van der Waals surface area contributed by atoms with E-state index in [2.05, 4.69) is 6.07 Å². The number of halogens is 6. The van der Waals surface area contributed by atoms with E-state index in [1.165, 1.54) is 0 Å². The van der Waals surface area contributed by atoms with E-state index >= 15 is 0 Å². The summed E-state index contributed by atoms with van der Waals surface area (Å²) in [7, 11) is 0. The van der Waals surface area contributed by atoms with Gasteiger partial charge in [-0.2, -0.15) is 13.2 Å². The third-order valence-corrected chi connectivity index (χ3v) is 2.28. The summed E-state index contributed by atoms with van der Waals surface area (Å²) in [5.41, 5.74) is -4.11. The minimum atomic E-state index is -5.01. The van der Waals surface area contributed by atoms with Crippen LogP contribution in [0.1, 0.15) is 12.5 Å². The predicted octanol–water partition coefficient (Wildman–Crippen LogP) is 4.54. The molecule has 1 rings (SSSR count). The molecule has 83 valence electrons. The van der Waals surface area contributed by atoms with Crippen molar-refractivity contribution in [3.8, 4) is 0 Å². The molecule has 0 aliphatic heterocycles. The SMILES string of the molecule is CC(F)(c1cc(Cl)[c]c(Cl)c1)C(F)(F)F. The van der Waals surface area contributed by atoms with Gasteiger partial charge in [0, 0.05) is 11.6 Å². The van der Waals surface area contributed by atoms with Crippen molar-refractivity contribution in [3.63, 3.8) is 0 Å². The maximum Gasteiger partial charge on any atom is 0.426 e.